The molecule has 0 saturated heterocycles. The SMILES string of the molecule is CO[Si](C=C=[Si](C)C)(OC)OC. The van der Waals surface area contributed by atoms with E-state index in [9.17, 15) is 0 Å². The molecule has 0 saturated carbocycles. The molecule has 0 amide bonds. The molecule has 0 rings (SSSR count). The standard InChI is InChI=1S/C7H16O3Si2/c1-8-12(9-2,10-3)7-6-11(4)5/h7H,1-5H3. The molecule has 0 N–H and O–H groups in total. The molecule has 0 aromatic carbocycles. The Bertz CT molecular complexity index is 181. The molecule has 0 bridgehead atoms. The van der Waals surface area contributed by atoms with Crippen molar-refractivity contribution in [3.05, 3.63) is 5.70 Å². The van der Waals surface area contributed by atoms with Crippen LogP contribution in [0.25, 0.3) is 0 Å². The molecule has 0 aromatic rings. The number of hydrogen-bond donors (Lipinski definition) is 0. The first kappa shape index (κ1) is 12.0. The highest BCUT2D eigenvalue weighted by Crippen LogP contribution is 2.04. The number of rotatable bonds is 4. The van der Waals surface area contributed by atoms with Gasteiger partial charge in [0.15, 0.2) is 0 Å². The van der Waals surface area contributed by atoms with Crippen LogP contribution >= 0.6 is 0 Å². The van der Waals surface area contributed by atoms with E-state index in [0.29, 0.717) is 0 Å². The van der Waals surface area contributed by atoms with Crippen molar-refractivity contribution in [1.82, 2.24) is 0 Å². The van der Waals surface area contributed by atoms with E-state index in [2.05, 4.69) is 18.4 Å². The Balaban J connectivity index is 4.63. The molecule has 0 aliphatic carbocycles. The Hall–Kier alpha value is -0.0362. The maximum Gasteiger partial charge on any atom is 0.536 e. The molecule has 0 unspecified atom stereocenters. The Kier molecular flexibility index (Phi) is 5.57. The third-order valence-electron chi connectivity index (χ3n) is 1.39. The van der Waals surface area contributed by atoms with Crippen LogP contribution in [-0.2, 0) is 13.3 Å². The summed E-state index contributed by atoms with van der Waals surface area (Å²) in [4.78, 5) is 0. The van der Waals surface area contributed by atoms with Crippen molar-refractivity contribution >= 4 is 22.5 Å². The van der Waals surface area contributed by atoms with Crippen LogP contribution in [0.1, 0.15) is 0 Å². The topological polar surface area (TPSA) is 27.7 Å². The Morgan fingerprint density at radius 3 is 1.75 bits per heavy atom. The molecule has 0 aliphatic heterocycles. The van der Waals surface area contributed by atoms with Crippen LogP contribution < -0.4 is 0 Å². The summed E-state index contributed by atoms with van der Waals surface area (Å²) in [6.45, 7) is 4.28. The van der Waals surface area contributed by atoms with Gasteiger partial charge in [-0.15, -0.1) is 0 Å². The first-order valence-electron chi connectivity index (χ1n) is 3.66. The van der Waals surface area contributed by atoms with Gasteiger partial charge in [-0.1, -0.05) is 0 Å². The fraction of sp³-hybridized carbons (Fsp3) is 0.714. The first-order valence-corrected chi connectivity index (χ1v) is 7.97. The molecule has 0 radical (unpaired) electrons. The van der Waals surface area contributed by atoms with E-state index in [1.54, 1.807) is 21.3 Å². The van der Waals surface area contributed by atoms with Crippen molar-refractivity contribution < 1.29 is 13.3 Å². The summed E-state index contributed by atoms with van der Waals surface area (Å²) >= 11 is 0. The van der Waals surface area contributed by atoms with Gasteiger partial charge in [-0.3, -0.25) is 0 Å². The van der Waals surface area contributed by atoms with Crippen LogP contribution in [0.15, 0.2) is 5.70 Å². The zero-order valence-electron chi connectivity index (χ0n) is 8.30. The summed E-state index contributed by atoms with van der Waals surface area (Å²) in [5.41, 5.74) is 1.82. The van der Waals surface area contributed by atoms with Crippen LogP contribution in [0.3, 0.4) is 0 Å². The van der Waals surface area contributed by atoms with Gasteiger partial charge in [0.2, 0.25) is 0 Å². The molecular formula is C7H16O3Si2. The predicted octanol–water partition coefficient (Wildman–Crippen LogP) is 0.697. The Morgan fingerprint density at radius 1 is 1.08 bits per heavy atom. The van der Waals surface area contributed by atoms with Gasteiger partial charge in [-0.2, -0.15) is 5.33 Å². The van der Waals surface area contributed by atoms with Gasteiger partial charge in [-0.25, -0.2) is 0 Å². The van der Waals surface area contributed by atoms with E-state index in [-0.39, 0.29) is 0 Å². The van der Waals surface area contributed by atoms with E-state index in [1.807, 2.05) is 5.70 Å². The highest BCUT2D eigenvalue weighted by atomic mass is 28.4. The van der Waals surface area contributed by atoms with Crippen molar-refractivity contribution in [2.45, 2.75) is 13.1 Å². The largest absolute Gasteiger partial charge is 0.536 e. The van der Waals surface area contributed by atoms with Gasteiger partial charge in [0, 0.05) is 27.0 Å². The average Bonchev–Trinajstić information content (AvgIpc) is 2.08. The Labute approximate surface area is 76.5 Å². The van der Waals surface area contributed by atoms with Crippen LogP contribution in [-0.4, -0.2) is 43.9 Å². The van der Waals surface area contributed by atoms with Crippen molar-refractivity contribution in [2.24, 2.45) is 0 Å². The van der Waals surface area contributed by atoms with Gasteiger partial charge >= 0.3 is 8.80 Å². The van der Waals surface area contributed by atoms with Gasteiger partial charge < -0.3 is 13.3 Å². The molecule has 0 fully saturated rings. The molecule has 12 heavy (non-hydrogen) atoms. The lowest BCUT2D eigenvalue weighted by molar-refractivity contribution is 0.139. The fourth-order valence-electron chi connectivity index (χ4n) is 0.660. The van der Waals surface area contributed by atoms with E-state index >= 15 is 0 Å². The quantitative estimate of drug-likeness (QED) is 0.631. The minimum absolute atomic E-state index is 0.508. The molecule has 0 spiro atoms. The fourth-order valence-corrected chi connectivity index (χ4v) is 3.37. The highest BCUT2D eigenvalue weighted by molar-refractivity contribution is 6.72. The second kappa shape index (κ2) is 5.58. The normalized spacial score (nSPS) is 10.8. The molecule has 0 heterocycles. The van der Waals surface area contributed by atoms with E-state index < -0.39 is 17.2 Å². The predicted molar refractivity (Wildman–Crippen MR) is 53.8 cm³/mol. The van der Waals surface area contributed by atoms with E-state index in [1.165, 1.54) is 0 Å². The highest BCUT2D eigenvalue weighted by Gasteiger charge is 2.34. The van der Waals surface area contributed by atoms with Gasteiger partial charge in [-0.05, 0) is 13.1 Å². The van der Waals surface area contributed by atoms with Gasteiger partial charge in [0.25, 0.3) is 0 Å². The maximum absolute atomic E-state index is 5.18. The van der Waals surface area contributed by atoms with E-state index in [0.717, 1.165) is 0 Å². The molecule has 0 aromatic heterocycles. The molecule has 0 atom stereocenters. The van der Waals surface area contributed by atoms with Crippen LogP contribution in [0.4, 0.5) is 0 Å². The first-order chi connectivity index (χ1) is 5.60. The lowest BCUT2D eigenvalue weighted by Crippen LogP contribution is -2.41. The van der Waals surface area contributed by atoms with Crippen molar-refractivity contribution in [3.8, 4) is 0 Å². The molecule has 70 valence electrons. The molecule has 0 aliphatic rings. The zero-order valence-corrected chi connectivity index (χ0v) is 10.3. The van der Waals surface area contributed by atoms with Gasteiger partial charge in [0.1, 0.15) is 0 Å². The maximum atomic E-state index is 5.18. The minimum atomic E-state index is -2.49. The molecular weight excluding hydrogens is 188 g/mol. The lowest BCUT2D eigenvalue weighted by Gasteiger charge is -2.19. The van der Waals surface area contributed by atoms with Gasteiger partial charge in [0.05, 0.1) is 8.41 Å². The minimum Gasteiger partial charge on any atom is -0.373 e. The number of hydrogen-bond acceptors (Lipinski definition) is 3. The van der Waals surface area contributed by atoms with Crippen LogP contribution in [0, 0.1) is 0 Å². The lowest BCUT2D eigenvalue weighted by atomic mass is 11.3. The summed E-state index contributed by atoms with van der Waals surface area (Å²) in [6, 6.07) is 0. The molecule has 5 heteroatoms. The summed E-state index contributed by atoms with van der Waals surface area (Å²) in [5, 5.41) is 3.20. The average molecular weight is 204 g/mol. The summed E-state index contributed by atoms with van der Waals surface area (Å²) in [7, 11) is 1.78. The summed E-state index contributed by atoms with van der Waals surface area (Å²) in [6.07, 6.45) is 0. The van der Waals surface area contributed by atoms with Crippen molar-refractivity contribution in [1.29, 1.82) is 0 Å². The smallest absolute Gasteiger partial charge is 0.373 e. The second-order valence-electron chi connectivity index (χ2n) is 2.50. The second-order valence-corrected chi connectivity index (χ2v) is 7.51. The zero-order chi connectivity index (χ0) is 9.61. The van der Waals surface area contributed by atoms with Crippen LogP contribution in [0.2, 0.25) is 13.1 Å². The monoisotopic (exact) mass is 204 g/mol. The van der Waals surface area contributed by atoms with Crippen LogP contribution in [0.5, 0.6) is 0 Å². The van der Waals surface area contributed by atoms with Crippen molar-refractivity contribution in [2.75, 3.05) is 21.3 Å². The summed E-state index contributed by atoms with van der Waals surface area (Å²) in [5.74, 6) is 0. The molecule has 3 nitrogen and oxygen atoms in total. The summed E-state index contributed by atoms with van der Waals surface area (Å²) < 4.78 is 15.5. The third-order valence-corrected chi connectivity index (χ3v) is 4.61. The third kappa shape index (κ3) is 3.58. The van der Waals surface area contributed by atoms with Crippen molar-refractivity contribution in [3.63, 3.8) is 0 Å². The Morgan fingerprint density at radius 2 is 1.50 bits per heavy atom. The van der Waals surface area contributed by atoms with E-state index in [4.69, 9.17) is 13.3 Å².